The van der Waals surface area contributed by atoms with E-state index in [1.807, 2.05) is 0 Å². The zero-order valence-corrected chi connectivity index (χ0v) is 12.8. The van der Waals surface area contributed by atoms with Crippen LogP contribution in [-0.2, 0) is 6.54 Å². The van der Waals surface area contributed by atoms with E-state index in [4.69, 9.17) is 10.5 Å². The van der Waals surface area contributed by atoms with Gasteiger partial charge < -0.3 is 10.5 Å². The van der Waals surface area contributed by atoms with Gasteiger partial charge in [0, 0.05) is 25.2 Å². The van der Waals surface area contributed by atoms with Crippen molar-refractivity contribution in [3.8, 4) is 5.75 Å². The Bertz CT molecular complexity index is 390. The van der Waals surface area contributed by atoms with Gasteiger partial charge in [0.2, 0.25) is 0 Å². The summed E-state index contributed by atoms with van der Waals surface area (Å²) in [5.74, 6) is 0.982. The molecule has 3 heteroatoms. The molecule has 1 heterocycles. The number of ether oxygens (including phenoxy) is 1. The van der Waals surface area contributed by atoms with E-state index in [1.165, 1.54) is 12.0 Å². The van der Waals surface area contributed by atoms with Crippen LogP contribution in [0.4, 0.5) is 0 Å². The Morgan fingerprint density at radius 3 is 2.70 bits per heavy atom. The minimum atomic E-state index is 0.385. The summed E-state index contributed by atoms with van der Waals surface area (Å²) in [7, 11) is 0. The van der Waals surface area contributed by atoms with Gasteiger partial charge in [-0.05, 0) is 43.9 Å². The third-order valence-electron chi connectivity index (χ3n) is 4.13. The first-order valence-electron chi connectivity index (χ1n) is 7.90. The zero-order chi connectivity index (χ0) is 14.4. The van der Waals surface area contributed by atoms with Crippen molar-refractivity contribution in [1.82, 2.24) is 4.90 Å². The van der Waals surface area contributed by atoms with Crippen molar-refractivity contribution < 1.29 is 4.74 Å². The van der Waals surface area contributed by atoms with Gasteiger partial charge in [-0.25, -0.2) is 0 Å². The van der Waals surface area contributed by atoms with E-state index in [0.717, 1.165) is 44.7 Å². The van der Waals surface area contributed by atoms with Crippen LogP contribution in [0.2, 0.25) is 0 Å². The van der Waals surface area contributed by atoms with E-state index in [0.29, 0.717) is 12.1 Å². The summed E-state index contributed by atoms with van der Waals surface area (Å²) in [6, 6.07) is 9.51. The molecule has 0 saturated carbocycles. The minimum Gasteiger partial charge on any atom is -0.494 e. The Labute approximate surface area is 123 Å². The smallest absolute Gasteiger partial charge is 0.119 e. The molecule has 0 unspecified atom stereocenters. The van der Waals surface area contributed by atoms with Crippen LogP contribution in [0.1, 0.15) is 45.1 Å². The first kappa shape index (κ1) is 15.3. The van der Waals surface area contributed by atoms with Crippen LogP contribution >= 0.6 is 0 Å². The summed E-state index contributed by atoms with van der Waals surface area (Å²) >= 11 is 0. The lowest BCUT2D eigenvalue weighted by Crippen LogP contribution is -2.44. The average molecular weight is 276 g/mol. The Morgan fingerprint density at radius 1 is 1.30 bits per heavy atom. The molecule has 1 aromatic carbocycles. The number of nitrogens with zero attached hydrogens (tertiary/aromatic N) is 1. The van der Waals surface area contributed by atoms with Crippen LogP contribution in [0.25, 0.3) is 0 Å². The summed E-state index contributed by atoms with van der Waals surface area (Å²) in [6.07, 6.45) is 4.52. The van der Waals surface area contributed by atoms with Gasteiger partial charge in [-0.2, -0.15) is 0 Å². The molecule has 0 aromatic heterocycles. The molecular formula is C17H28N2O. The molecule has 0 radical (unpaired) electrons. The molecule has 1 aliphatic rings. The molecule has 2 rings (SSSR count). The van der Waals surface area contributed by atoms with Gasteiger partial charge in [-0.3, -0.25) is 4.90 Å². The summed E-state index contributed by atoms with van der Waals surface area (Å²) < 4.78 is 5.70. The van der Waals surface area contributed by atoms with Gasteiger partial charge in [0.25, 0.3) is 0 Å². The van der Waals surface area contributed by atoms with Gasteiger partial charge in [0.15, 0.2) is 0 Å². The highest BCUT2D eigenvalue weighted by atomic mass is 16.5. The van der Waals surface area contributed by atoms with E-state index >= 15 is 0 Å². The molecule has 1 aliphatic heterocycles. The highest BCUT2D eigenvalue weighted by molar-refractivity contribution is 5.27. The Balaban J connectivity index is 1.84. The maximum absolute atomic E-state index is 6.02. The Hall–Kier alpha value is -1.06. The van der Waals surface area contributed by atoms with Crippen molar-refractivity contribution in [3.05, 3.63) is 29.8 Å². The minimum absolute atomic E-state index is 0.385. The molecule has 1 fully saturated rings. The van der Waals surface area contributed by atoms with Crippen LogP contribution < -0.4 is 10.5 Å². The second kappa shape index (κ2) is 7.65. The van der Waals surface area contributed by atoms with E-state index in [1.54, 1.807) is 0 Å². The first-order chi connectivity index (χ1) is 9.69. The zero-order valence-electron chi connectivity index (χ0n) is 12.8. The molecule has 2 N–H and O–H groups in total. The number of piperidine rings is 1. The number of nitrogens with two attached hydrogens (primary N) is 1. The number of benzene rings is 1. The second-order valence-electron chi connectivity index (χ2n) is 5.95. The number of unbranched alkanes of at least 4 members (excludes halogenated alkanes) is 1. The van der Waals surface area contributed by atoms with E-state index in [2.05, 4.69) is 43.0 Å². The number of hydrogen-bond acceptors (Lipinski definition) is 3. The van der Waals surface area contributed by atoms with Crippen molar-refractivity contribution >= 4 is 0 Å². The third kappa shape index (κ3) is 4.50. The standard InChI is InChI=1S/C17H28N2O/c1-3-4-11-20-17-7-5-15(6-8-17)13-19-10-9-16(18)12-14(19)2/h5-8,14,16H,3-4,9-13,18H2,1-2H3/t14-,16-/m0/s1. The van der Waals surface area contributed by atoms with Crippen molar-refractivity contribution in [2.45, 2.75) is 58.2 Å². The van der Waals surface area contributed by atoms with Crippen molar-refractivity contribution in [3.63, 3.8) is 0 Å². The van der Waals surface area contributed by atoms with Crippen LogP contribution in [0.15, 0.2) is 24.3 Å². The second-order valence-corrected chi connectivity index (χ2v) is 5.95. The lowest BCUT2D eigenvalue weighted by molar-refractivity contribution is 0.140. The third-order valence-corrected chi connectivity index (χ3v) is 4.13. The predicted molar refractivity (Wildman–Crippen MR) is 83.9 cm³/mol. The van der Waals surface area contributed by atoms with Crippen molar-refractivity contribution in [1.29, 1.82) is 0 Å². The maximum atomic E-state index is 6.02. The average Bonchev–Trinajstić information content (AvgIpc) is 2.44. The topological polar surface area (TPSA) is 38.5 Å². The quantitative estimate of drug-likeness (QED) is 0.811. The predicted octanol–water partition coefficient (Wildman–Crippen LogP) is 3.18. The van der Waals surface area contributed by atoms with Gasteiger partial charge >= 0.3 is 0 Å². The molecule has 1 saturated heterocycles. The van der Waals surface area contributed by atoms with Crippen molar-refractivity contribution in [2.24, 2.45) is 5.73 Å². The van der Waals surface area contributed by atoms with Crippen LogP contribution in [0.3, 0.4) is 0 Å². The van der Waals surface area contributed by atoms with Crippen LogP contribution in [0, 0.1) is 0 Å². The number of likely N-dealkylation sites (tertiary alicyclic amines) is 1. The Morgan fingerprint density at radius 2 is 2.05 bits per heavy atom. The van der Waals surface area contributed by atoms with Gasteiger partial charge in [0.05, 0.1) is 6.61 Å². The number of hydrogen-bond donors (Lipinski definition) is 1. The first-order valence-corrected chi connectivity index (χ1v) is 7.90. The summed E-state index contributed by atoms with van der Waals surface area (Å²) in [5.41, 5.74) is 7.37. The summed E-state index contributed by atoms with van der Waals surface area (Å²) in [6.45, 7) is 7.40. The Kier molecular flexibility index (Phi) is 5.86. The highest BCUT2D eigenvalue weighted by Gasteiger charge is 2.22. The fourth-order valence-corrected chi connectivity index (χ4v) is 2.75. The maximum Gasteiger partial charge on any atom is 0.119 e. The molecule has 0 bridgehead atoms. The van der Waals surface area contributed by atoms with Gasteiger partial charge in [-0.1, -0.05) is 25.5 Å². The van der Waals surface area contributed by atoms with Gasteiger partial charge in [0.1, 0.15) is 5.75 Å². The van der Waals surface area contributed by atoms with Gasteiger partial charge in [-0.15, -0.1) is 0 Å². The summed E-state index contributed by atoms with van der Waals surface area (Å²) in [5, 5.41) is 0. The van der Waals surface area contributed by atoms with E-state index in [-0.39, 0.29) is 0 Å². The molecule has 20 heavy (non-hydrogen) atoms. The molecule has 2 atom stereocenters. The van der Waals surface area contributed by atoms with Crippen LogP contribution in [0.5, 0.6) is 5.75 Å². The molecule has 1 aromatic rings. The molecule has 0 amide bonds. The number of rotatable bonds is 6. The van der Waals surface area contributed by atoms with Crippen LogP contribution in [-0.4, -0.2) is 30.1 Å². The normalized spacial score (nSPS) is 23.8. The highest BCUT2D eigenvalue weighted by Crippen LogP contribution is 2.20. The SMILES string of the molecule is CCCCOc1ccc(CN2CC[C@H](N)C[C@@H]2C)cc1. The molecule has 0 spiro atoms. The van der Waals surface area contributed by atoms with Crippen molar-refractivity contribution in [2.75, 3.05) is 13.2 Å². The van der Waals surface area contributed by atoms with E-state index in [9.17, 15) is 0 Å². The molecular weight excluding hydrogens is 248 g/mol. The fraction of sp³-hybridized carbons (Fsp3) is 0.647. The molecule has 112 valence electrons. The lowest BCUT2D eigenvalue weighted by Gasteiger charge is -2.36. The lowest BCUT2D eigenvalue weighted by atomic mass is 9.98. The molecule has 3 nitrogen and oxygen atoms in total. The van der Waals surface area contributed by atoms with E-state index < -0.39 is 0 Å². The summed E-state index contributed by atoms with van der Waals surface area (Å²) in [4.78, 5) is 2.52. The molecule has 0 aliphatic carbocycles. The monoisotopic (exact) mass is 276 g/mol. The fourth-order valence-electron chi connectivity index (χ4n) is 2.75. The largest absolute Gasteiger partial charge is 0.494 e.